The van der Waals surface area contributed by atoms with E-state index in [4.69, 9.17) is 5.73 Å². The summed E-state index contributed by atoms with van der Waals surface area (Å²) in [6, 6.07) is 0. The van der Waals surface area contributed by atoms with Crippen molar-refractivity contribution in [3.8, 4) is 0 Å². The summed E-state index contributed by atoms with van der Waals surface area (Å²) in [6.07, 6.45) is 9.69. The van der Waals surface area contributed by atoms with Crippen molar-refractivity contribution in [2.24, 2.45) is 12.8 Å². The summed E-state index contributed by atoms with van der Waals surface area (Å²) in [5.74, 6) is -0.0430. The molecule has 0 radical (unpaired) electrons. The molecule has 0 bridgehead atoms. The third-order valence-corrected chi connectivity index (χ3v) is 5.21. The van der Waals surface area contributed by atoms with Crippen LogP contribution in [0.25, 0.3) is 0 Å². The van der Waals surface area contributed by atoms with Gasteiger partial charge in [0, 0.05) is 19.1 Å². The van der Waals surface area contributed by atoms with Crippen LogP contribution in [0.2, 0.25) is 0 Å². The van der Waals surface area contributed by atoms with Crippen LogP contribution in [0, 0.1) is 0 Å². The monoisotopic (exact) mass is 305 g/mol. The van der Waals surface area contributed by atoms with E-state index in [1.807, 2.05) is 7.05 Å². The largest absolute Gasteiger partial charge is 0.354 e. The summed E-state index contributed by atoms with van der Waals surface area (Å²) in [5.41, 5.74) is 8.23. The molecule has 1 saturated carbocycles. The molecule has 1 amide bonds. The van der Waals surface area contributed by atoms with E-state index in [0.717, 1.165) is 43.5 Å². The van der Waals surface area contributed by atoms with Crippen molar-refractivity contribution in [2.45, 2.75) is 69.2 Å². The van der Waals surface area contributed by atoms with Gasteiger partial charge in [-0.25, -0.2) is 0 Å². The Hall–Kier alpha value is -1.43. The van der Waals surface area contributed by atoms with Crippen LogP contribution >= 0.6 is 0 Å². The van der Waals surface area contributed by atoms with E-state index in [2.05, 4.69) is 15.6 Å². The Kier molecular flexibility index (Phi) is 4.47. The predicted octanol–water partition coefficient (Wildman–Crippen LogP) is 1.40. The molecule has 3 rings (SSSR count). The molecule has 0 aliphatic heterocycles. The molecule has 3 N–H and O–H groups in total. The Morgan fingerprint density at radius 1 is 1.32 bits per heavy atom. The van der Waals surface area contributed by atoms with Gasteiger partial charge < -0.3 is 11.1 Å². The minimum atomic E-state index is -0.228. The summed E-state index contributed by atoms with van der Waals surface area (Å²) in [6.45, 7) is 0.586. The molecule has 1 atom stereocenters. The van der Waals surface area contributed by atoms with Crippen molar-refractivity contribution < 1.29 is 4.79 Å². The molecule has 1 fully saturated rings. The summed E-state index contributed by atoms with van der Waals surface area (Å²) in [7, 11) is 1.87. The van der Waals surface area contributed by atoms with Crippen molar-refractivity contribution >= 4 is 5.91 Å². The molecule has 2 aliphatic carbocycles. The maximum absolute atomic E-state index is 12.6. The lowest BCUT2D eigenvalue weighted by molar-refractivity contribution is -0.123. The summed E-state index contributed by atoms with van der Waals surface area (Å²) >= 11 is 0. The lowest BCUT2D eigenvalue weighted by Crippen LogP contribution is -2.50. The molecule has 6 heteroatoms. The Morgan fingerprint density at radius 2 is 2.05 bits per heavy atom. The van der Waals surface area contributed by atoms with Gasteiger partial charge in [0.25, 0.3) is 0 Å². The number of nitrogens with zero attached hydrogens (tertiary/aromatic N) is 3. The lowest BCUT2D eigenvalue weighted by atomic mass is 9.87. The van der Waals surface area contributed by atoms with Gasteiger partial charge in [0.15, 0.2) is 0 Å². The number of aromatic nitrogens is 3. The van der Waals surface area contributed by atoms with Gasteiger partial charge in [-0.05, 0) is 32.1 Å². The van der Waals surface area contributed by atoms with Crippen molar-refractivity contribution in [2.75, 3.05) is 6.54 Å². The number of nitrogens with two attached hydrogens (primary N) is 1. The van der Waals surface area contributed by atoms with Crippen LogP contribution in [-0.2, 0) is 18.3 Å². The summed E-state index contributed by atoms with van der Waals surface area (Å²) in [4.78, 5) is 12.6. The van der Waals surface area contributed by atoms with E-state index in [1.165, 1.54) is 25.7 Å². The van der Waals surface area contributed by atoms with Crippen LogP contribution in [0.3, 0.4) is 0 Å². The van der Waals surface area contributed by atoms with Gasteiger partial charge >= 0.3 is 0 Å². The van der Waals surface area contributed by atoms with E-state index in [0.29, 0.717) is 6.54 Å². The van der Waals surface area contributed by atoms with Crippen LogP contribution in [0.1, 0.15) is 68.7 Å². The Morgan fingerprint density at radius 3 is 2.77 bits per heavy atom. The first-order valence-corrected chi connectivity index (χ1v) is 8.54. The van der Waals surface area contributed by atoms with Gasteiger partial charge in [-0.2, -0.15) is 0 Å². The molecule has 1 aromatic heterocycles. The normalized spacial score (nSPS) is 24.4. The molecule has 6 nitrogen and oxygen atoms in total. The zero-order valence-corrected chi connectivity index (χ0v) is 13.5. The number of nitrogens with one attached hydrogen (secondary N) is 1. The van der Waals surface area contributed by atoms with Crippen LogP contribution in [0.5, 0.6) is 0 Å². The molecular formula is C16H27N5O. The Labute approximate surface area is 131 Å². The lowest BCUT2D eigenvalue weighted by Gasteiger charge is -2.30. The average Bonchev–Trinajstić information content (AvgIpc) is 2.76. The second-order valence-electron chi connectivity index (χ2n) is 6.98. The minimum absolute atomic E-state index is 0.0837. The first-order chi connectivity index (χ1) is 10.6. The first kappa shape index (κ1) is 15.5. The maximum Gasteiger partial charge on any atom is 0.229 e. The predicted molar refractivity (Wildman–Crippen MR) is 84.3 cm³/mol. The van der Waals surface area contributed by atoms with Crippen LogP contribution in [-0.4, -0.2) is 33.0 Å². The zero-order chi connectivity index (χ0) is 15.6. The SMILES string of the molecule is Cn1nnc2c1C(C(=O)NCC1(N)CCCCCC1)CCC2. The highest BCUT2D eigenvalue weighted by molar-refractivity contribution is 5.83. The highest BCUT2D eigenvalue weighted by Gasteiger charge is 2.33. The van der Waals surface area contributed by atoms with E-state index < -0.39 is 0 Å². The molecule has 1 unspecified atom stereocenters. The molecule has 1 heterocycles. The molecule has 0 spiro atoms. The third kappa shape index (κ3) is 3.16. The summed E-state index contributed by atoms with van der Waals surface area (Å²) < 4.78 is 1.75. The van der Waals surface area contributed by atoms with Crippen molar-refractivity contribution in [1.29, 1.82) is 0 Å². The standard InChI is InChI=1S/C16H27N5O/c1-21-14-12(7-6-8-13(14)19-20-21)15(22)18-11-16(17)9-4-2-3-5-10-16/h12H,2-11,17H2,1H3,(H,18,22). The maximum atomic E-state index is 12.6. The Bertz CT molecular complexity index is 531. The number of carbonyl (C=O) groups excluding carboxylic acids is 1. The number of fused-ring (bicyclic) bond motifs is 1. The molecule has 22 heavy (non-hydrogen) atoms. The van der Waals surface area contributed by atoms with Gasteiger partial charge in [0.1, 0.15) is 0 Å². The number of rotatable bonds is 3. The van der Waals surface area contributed by atoms with E-state index in [-0.39, 0.29) is 17.4 Å². The second-order valence-corrected chi connectivity index (χ2v) is 6.98. The zero-order valence-electron chi connectivity index (χ0n) is 13.5. The van der Waals surface area contributed by atoms with Gasteiger partial charge in [-0.3, -0.25) is 9.48 Å². The highest BCUT2D eigenvalue weighted by Crippen LogP contribution is 2.30. The molecule has 1 aromatic rings. The van der Waals surface area contributed by atoms with E-state index in [9.17, 15) is 4.79 Å². The summed E-state index contributed by atoms with van der Waals surface area (Å²) in [5, 5.41) is 11.4. The van der Waals surface area contributed by atoms with Gasteiger partial charge in [-0.15, -0.1) is 5.10 Å². The van der Waals surface area contributed by atoms with Crippen LogP contribution < -0.4 is 11.1 Å². The first-order valence-electron chi connectivity index (χ1n) is 8.54. The molecule has 122 valence electrons. The van der Waals surface area contributed by atoms with Gasteiger partial charge in [-0.1, -0.05) is 30.9 Å². The molecule has 0 aromatic carbocycles. The van der Waals surface area contributed by atoms with Crippen molar-refractivity contribution in [3.05, 3.63) is 11.4 Å². The fraction of sp³-hybridized carbons (Fsp3) is 0.812. The number of aryl methyl sites for hydroxylation is 2. The van der Waals surface area contributed by atoms with Crippen molar-refractivity contribution in [1.82, 2.24) is 20.3 Å². The highest BCUT2D eigenvalue weighted by atomic mass is 16.1. The van der Waals surface area contributed by atoms with Gasteiger partial charge in [0.05, 0.1) is 17.3 Å². The van der Waals surface area contributed by atoms with E-state index in [1.54, 1.807) is 4.68 Å². The molecular weight excluding hydrogens is 278 g/mol. The Balaban J connectivity index is 1.64. The topological polar surface area (TPSA) is 85.8 Å². The fourth-order valence-corrected chi connectivity index (χ4v) is 3.87. The minimum Gasteiger partial charge on any atom is -0.354 e. The van der Waals surface area contributed by atoms with Gasteiger partial charge in [0.2, 0.25) is 5.91 Å². The number of amides is 1. The average molecular weight is 305 g/mol. The quantitative estimate of drug-likeness (QED) is 0.827. The number of hydrogen-bond acceptors (Lipinski definition) is 4. The third-order valence-electron chi connectivity index (χ3n) is 5.21. The number of carbonyl (C=O) groups is 1. The second kappa shape index (κ2) is 6.36. The van der Waals surface area contributed by atoms with Crippen LogP contribution in [0.4, 0.5) is 0 Å². The molecule has 0 saturated heterocycles. The number of hydrogen-bond donors (Lipinski definition) is 2. The van der Waals surface area contributed by atoms with E-state index >= 15 is 0 Å². The fourth-order valence-electron chi connectivity index (χ4n) is 3.87. The smallest absolute Gasteiger partial charge is 0.229 e. The van der Waals surface area contributed by atoms with Crippen molar-refractivity contribution in [3.63, 3.8) is 0 Å². The van der Waals surface area contributed by atoms with Crippen LogP contribution in [0.15, 0.2) is 0 Å². The molecule has 2 aliphatic rings.